The normalized spacial score (nSPS) is 27.9. The van der Waals surface area contributed by atoms with Gasteiger partial charge in [0.25, 0.3) is 0 Å². The quantitative estimate of drug-likeness (QED) is 0.582. The minimum absolute atomic E-state index is 0.00718. The average Bonchev–Trinajstić information content (AvgIpc) is 2.63. The fraction of sp³-hybridized carbons (Fsp3) is 0.900. The molecular weight excluding hydrogens is 198 g/mol. The topological polar surface area (TPSA) is 78.8 Å². The molecule has 1 rings (SSSR count). The number of nitrogens with one attached hydrogen (secondary N) is 1. The first kappa shape index (κ1) is 12.4. The molecular formula is C10H19NO4. The van der Waals surface area contributed by atoms with Crippen molar-refractivity contribution in [2.75, 3.05) is 13.2 Å². The summed E-state index contributed by atoms with van der Waals surface area (Å²) in [6.07, 6.45) is 1.44. The summed E-state index contributed by atoms with van der Waals surface area (Å²) in [6.45, 7) is 2.81. The molecule has 1 saturated heterocycles. The summed E-state index contributed by atoms with van der Waals surface area (Å²) in [6, 6.07) is 0.238. The van der Waals surface area contributed by atoms with Gasteiger partial charge in [0.1, 0.15) is 0 Å². The van der Waals surface area contributed by atoms with Crippen molar-refractivity contribution in [1.29, 1.82) is 0 Å². The number of aliphatic hydroxyl groups excluding tert-OH is 1. The van der Waals surface area contributed by atoms with Crippen molar-refractivity contribution < 1.29 is 19.7 Å². The molecule has 1 aliphatic rings. The Morgan fingerprint density at radius 3 is 2.87 bits per heavy atom. The van der Waals surface area contributed by atoms with Crippen molar-refractivity contribution in [2.45, 2.75) is 44.4 Å². The van der Waals surface area contributed by atoms with Gasteiger partial charge in [-0.15, -0.1) is 0 Å². The van der Waals surface area contributed by atoms with Crippen LogP contribution in [0.25, 0.3) is 0 Å². The summed E-state index contributed by atoms with van der Waals surface area (Å²) in [5.74, 6) is -0.874. The third-order valence-corrected chi connectivity index (χ3v) is 2.64. The Morgan fingerprint density at radius 1 is 1.60 bits per heavy atom. The maximum Gasteiger partial charge on any atom is 0.332 e. The first-order chi connectivity index (χ1) is 7.13. The van der Waals surface area contributed by atoms with E-state index < -0.39 is 12.1 Å². The van der Waals surface area contributed by atoms with Gasteiger partial charge in [-0.05, 0) is 26.2 Å². The largest absolute Gasteiger partial charge is 0.479 e. The Bertz CT molecular complexity index is 210. The maximum absolute atomic E-state index is 10.6. The van der Waals surface area contributed by atoms with Crippen LogP contribution in [0.5, 0.6) is 0 Å². The Labute approximate surface area is 89.4 Å². The van der Waals surface area contributed by atoms with Gasteiger partial charge in [-0.3, -0.25) is 0 Å². The summed E-state index contributed by atoms with van der Waals surface area (Å²) in [4.78, 5) is 10.6. The van der Waals surface area contributed by atoms with Gasteiger partial charge in [-0.2, -0.15) is 0 Å². The Balaban J connectivity index is 2.16. The third kappa shape index (κ3) is 4.15. The molecule has 88 valence electrons. The van der Waals surface area contributed by atoms with Crippen molar-refractivity contribution in [1.82, 2.24) is 5.32 Å². The molecule has 0 amide bonds. The first-order valence-corrected chi connectivity index (χ1v) is 5.36. The van der Waals surface area contributed by atoms with E-state index in [1.54, 1.807) is 0 Å². The lowest BCUT2D eigenvalue weighted by Crippen LogP contribution is -2.35. The van der Waals surface area contributed by atoms with E-state index >= 15 is 0 Å². The lowest BCUT2D eigenvalue weighted by atomic mass is 10.2. The molecule has 15 heavy (non-hydrogen) atoms. The summed E-state index contributed by atoms with van der Waals surface area (Å²) in [7, 11) is 0. The zero-order valence-corrected chi connectivity index (χ0v) is 8.98. The number of rotatable bonds is 6. The van der Waals surface area contributed by atoms with Crippen molar-refractivity contribution in [3.63, 3.8) is 0 Å². The van der Waals surface area contributed by atoms with Crippen LogP contribution in [-0.4, -0.2) is 47.6 Å². The van der Waals surface area contributed by atoms with Gasteiger partial charge in [-0.1, -0.05) is 0 Å². The van der Waals surface area contributed by atoms with Crippen LogP contribution >= 0.6 is 0 Å². The van der Waals surface area contributed by atoms with Gasteiger partial charge in [0.05, 0.1) is 6.10 Å². The van der Waals surface area contributed by atoms with Crippen LogP contribution in [-0.2, 0) is 9.53 Å². The van der Waals surface area contributed by atoms with Crippen LogP contribution in [0.1, 0.15) is 26.2 Å². The standard InChI is InChI=1S/C10H19NO4/c1-7(4-5-12)11-6-8-2-3-9(15-8)10(13)14/h7-9,11-12H,2-6H2,1H3,(H,13,14). The molecule has 3 N–H and O–H groups in total. The van der Waals surface area contributed by atoms with Gasteiger partial charge in [0.15, 0.2) is 6.10 Å². The number of carboxylic acid groups (broad SMARTS) is 1. The first-order valence-electron chi connectivity index (χ1n) is 5.36. The highest BCUT2D eigenvalue weighted by molar-refractivity contribution is 5.72. The van der Waals surface area contributed by atoms with Crippen LogP contribution in [0.4, 0.5) is 0 Å². The summed E-state index contributed by atoms with van der Waals surface area (Å²) < 4.78 is 5.33. The van der Waals surface area contributed by atoms with Gasteiger partial charge in [0, 0.05) is 19.2 Å². The SMILES string of the molecule is CC(CCO)NCC1CCC(C(=O)O)O1. The molecule has 0 aromatic carbocycles. The van der Waals surface area contributed by atoms with Crippen molar-refractivity contribution >= 4 is 5.97 Å². The molecule has 0 spiro atoms. The summed E-state index contributed by atoms with van der Waals surface area (Å²) in [5, 5.41) is 20.6. The lowest BCUT2D eigenvalue weighted by Gasteiger charge is -2.16. The molecule has 1 fully saturated rings. The predicted molar refractivity (Wildman–Crippen MR) is 54.7 cm³/mol. The Hall–Kier alpha value is -0.650. The van der Waals surface area contributed by atoms with Crippen LogP contribution in [0.2, 0.25) is 0 Å². The van der Waals surface area contributed by atoms with Crippen molar-refractivity contribution in [2.24, 2.45) is 0 Å². The summed E-state index contributed by atoms with van der Waals surface area (Å²) in [5.41, 5.74) is 0. The maximum atomic E-state index is 10.6. The fourth-order valence-corrected chi connectivity index (χ4v) is 1.67. The van der Waals surface area contributed by atoms with Crippen LogP contribution in [0.15, 0.2) is 0 Å². The van der Waals surface area contributed by atoms with Gasteiger partial charge in [0.2, 0.25) is 0 Å². The molecule has 0 bridgehead atoms. The fourth-order valence-electron chi connectivity index (χ4n) is 1.67. The Morgan fingerprint density at radius 2 is 2.33 bits per heavy atom. The molecule has 0 aromatic rings. The number of ether oxygens (including phenoxy) is 1. The molecule has 3 atom stereocenters. The molecule has 0 aromatic heterocycles. The molecule has 0 aliphatic carbocycles. The third-order valence-electron chi connectivity index (χ3n) is 2.64. The minimum Gasteiger partial charge on any atom is -0.479 e. The van der Waals surface area contributed by atoms with Crippen molar-refractivity contribution in [3.05, 3.63) is 0 Å². The number of carboxylic acids is 1. The van der Waals surface area contributed by atoms with Gasteiger partial charge < -0.3 is 20.3 Å². The van der Waals surface area contributed by atoms with Gasteiger partial charge >= 0.3 is 5.97 Å². The van der Waals surface area contributed by atoms with E-state index in [0.717, 1.165) is 6.42 Å². The van der Waals surface area contributed by atoms with E-state index in [9.17, 15) is 4.79 Å². The molecule has 3 unspecified atom stereocenters. The number of hydrogen-bond acceptors (Lipinski definition) is 4. The summed E-state index contributed by atoms with van der Waals surface area (Å²) >= 11 is 0. The monoisotopic (exact) mass is 217 g/mol. The molecule has 1 aliphatic heterocycles. The van der Waals surface area contributed by atoms with Crippen LogP contribution < -0.4 is 5.32 Å². The van der Waals surface area contributed by atoms with Crippen molar-refractivity contribution in [3.8, 4) is 0 Å². The zero-order chi connectivity index (χ0) is 11.3. The lowest BCUT2D eigenvalue weighted by molar-refractivity contribution is -0.149. The number of aliphatic carboxylic acids is 1. The number of aliphatic hydroxyl groups is 1. The highest BCUT2D eigenvalue weighted by Crippen LogP contribution is 2.19. The molecule has 0 saturated carbocycles. The number of carbonyl (C=O) groups is 1. The number of hydrogen-bond donors (Lipinski definition) is 3. The van der Waals surface area contributed by atoms with Crippen LogP contribution in [0, 0.1) is 0 Å². The van der Waals surface area contributed by atoms with E-state index in [4.69, 9.17) is 14.9 Å². The van der Waals surface area contributed by atoms with Crippen LogP contribution in [0.3, 0.4) is 0 Å². The smallest absolute Gasteiger partial charge is 0.332 e. The highest BCUT2D eigenvalue weighted by atomic mass is 16.5. The van der Waals surface area contributed by atoms with E-state index in [1.807, 2.05) is 6.92 Å². The van der Waals surface area contributed by atoms with E-state index in [-0.39, 0.29) is 18.8 Å². The molecule has 5 heteroatoms. The predicted octanol–water partition coefficient (Wildman–Crippen LogP) is -0.0209. The second-order valence-corrected chi connectivity index (χ2v) is 3.98. The van der Waals surface area contributed by atoms with E-state index in [2.05, 4.69) is 5.32 Å². The Kier molecular flexibility index (Phi) is 5.01. The molecule has 0 radical (unpaired) electrons. The second kappa shape index (κ2) is 6.05. The molecule has 5 nitrogen and oxygen atoms in total. The van der Waals surface area contributed by atoms with E-state index in [1.165, 1.54) is 0 Å². The zero-order valence-electron chi connectivity index (χ0n) is 8.98. The average molecular weight is 217 g/mol. The highest BCUT2D eigenvalue weighted by Gasteiger charge is 2.30. The van der Waals surface area contributed by atoms with Gasteiger partial charge in [-0.25, -0.2) is 4.79 Å². The second-order valence-electron chi connectivity index (χ2n) is 3.98. The minimum atomic E-state index is -0.874. The van der Waals surface area contributed by atoms with E-state index in [0.29, 0.717) is 19.4 Å². The molecule has 1 heterocycles.